The maximum Gasteiger partial charge on any atom is 0.255 e. The van der Waals surface area contributed by atoms with Gasteiger partial charge in [-0.25, -0.2) is 14.6 Å². The molecule has 0 saturated heterocycles. The largest absolute Gasteiger partial charge is 0.345 e. The van der Waals surface area contributed by atoms with Gasteiger partial charge in [0.05, 0.1) is 30.3 Å². The number of aryl methyl sites for hydroxylation is 1. The van der Waals surface area contributed by atoms with Crippen molar-refractivity contribution in [1.29, 1.82) is 0 Å². The fraction of sp³-hybridized carbons (Fsp3) is 0.214. The number of rotatable bonds is 4. The van der Waals surface area contributed by atoms with Gasteiger partial charge in [0.25, 0.3) is 11.5 Å². The lowest BCUT2D eigenvalue weighted by molar-refractivity contribution is 0.0950. The average Bonchev–Trinajstić information content (AvgIpc) is 3.11. The first kappa shape index (κ1) is 15.1. The number of thiazole rings is 1. The predicted octanol–water partition coefficient (Wildman–Crippen LogP) is 0.959. The van der Waals surface area contributed by atoms with Gasteiger partial charge in [-0.05, 0) is 13.8 Å². The summed E-state index contributed by atoms with van der Waals surface area (Å²) in [6, 6.07) is 1.32. The zero-order chi connectivity index (χ0) is 16.4. The van der Waals surface area contributed by atoms with E-state index < -0.39 is 0 Å². The Balaban J connectivity index is 1.78. The van der Waals surface area contributed by atoms with E-state index in [0.29, 0.717) is 23.6 Å². The summed E-state index contributed by atoms with van der Waals surface area (Å²) in [7, 11) is 0. The first-order valence-electron chi connectivity index (χ1n) is 6.83. The molecular weight excluding hydrogens is 316 g/mol. The fourth-order valence-corrected chi connectivity index (χ4v) is 2.78. The molecule has 23 heavy (non-hydrogen) atoms. The number of nitrogens with one attached hydrogen (secondary N) is 2. The Morgan fingerprint density at radius 3 is 2.96 bits per heavy atom. The van der Waals surface area contributed by atoms with Crippen molar-refractivity contribution in [3.8, 4) is 5.82 Å². The lowest BCUT2D eigenvalue weighted by Gasteiger charge is -2.04. The van der Waals surface area contributed by atoms with Crippen LogP contribution in [0.25, 0.3) is 5.82 Å². The number of aromatic amines is 1. The van der Waals surface area contributed by atoms with Gasteiger partial charge in [-0.3, -0.25) is 9.59 Å². The lowest BCUT2D eigenvalue weighted by atomic mass is 10.2. The quantitative estimate of drug-likeness (QED) is 0.741. The Morgan fingerprint density at radius 2 is 2.26 bits per heavy atom. The predicted molar refractivity (Wildman–Crippen MR) is 84.7 cm³/mol. The third kappa shape index (κ3) is 3.19. The Kier molecular flexibility index (Phi) is 4.02. The van der Waals surface area contributed by atoms with Crippen molar-refractivity contribution in [2.75, 3.05) is 0 Å². The van der Waals surface area contributed by atoms with Crippen LogP contribution in [0.4, 0.5) is 0 Å². The first-order valence-corrected chi connectivity index (χ1v) is 7.71. The van der Waals surface area contributed by atoms with Crippen molar-refractivity contribution in [2.45, 2.75) is 20.4 Å². The molecule has 0 spiro atoms. The zero-order valence-corrected chi connectivity index (χ0v) is 13.3. The standard InChI is InChI=1S/C14H14N6O2S/c1-8-6-23-13(19-8)5-15-14(22)10-4-18-20(9(10)2)11-3-12(21)17-7-16-11/h3-4,6-7H,5H2,1-2H3,(H,15,22)(H,16,17,21). The molecule has 0 aliphatic rings. The molecule has 0 aromatic carbocycles. The SMILES string of the molecule is Cc1csc(CNC(=O)c2cnn(-c3cc(=O)[nH]cn3)c2C)n1. The van der Waals surface area contributed by atoms with Crippen LogP contribution < -0.4 is 10.9 Å². The van der Waals surface area contributed by atoms with Gasteiger partial charge in [-0.1, -0.05) is 0 Å². The van der Waals surface area contributed by atoms with Crippen molar-refractivity contribution in [3.05, 3.63) is 56.3 Å². The average molecular weight is 330 g/mol. The molecular formula is C14H14N6O2S. The number of H-pyrrole nitrogens is 1. The van der Waals surface area contributed by atoms with Crippen molar-refractivity contribution in [1.82, 2.24) is 30.0 Å². The van der Waals surface area contributed by atoms with Gasteiger partial charge in [0.2, 0.25) is 0 Å². The van der Waals surface area contributed by atoms with Gasteiger partial charge in [-0.15, -0.1) is 11.3 Å². The van der Waals surface area contributed by atoms with Crippen molar-refractivity contribution < 1.29 is 4.79 Å². The van der Waals surface area contributed by atoms with Crippen LogP contribution in [0.3, 0.4) is 0 Å². The normalized spacial score (nSPS) is 10.7. The van der Waals surface area contributed by atoms with E-state index in [9.17, 15) is 9.59 Å². The van der Waals surface area contributed by atoms with E-state index in [1.54, 1.807) is 6.92 Å². The third-order valence-corrected chi connectivity index (χ3v) is 4.17. The maximum atomic E-state index is 12.3. The Labute approximate surface area is 135 Å². The second-order valence-electron chi connectivity index (χ2n) is 4.89. The monoisotopic (exact) mass is 330 g/mol. The summed E-state index contributed by atoms with van der Waals surface area (Å²) >= 11 is 1.50. The number of carbonyl (C=O) groups is 1. The van der Waals surface area contributed by atoms with Crippen LogP contribution in [-0.2, 0) is 6.54 Å². The summed E-state index contributed by atoms with van der Waals surface area (Å²) in [6.07, 6.45) is 2.75. The molecule has 9 heteroatoms. The molecule has 0 bridgehead atoms. The molecule has 2 N–H and O–H groups in total. The molecule has 0 saturated carbocycles. The molecule has 0 fully saturated rings. The molecule has 0 aliphatic heterocycles. The van der Waals surface area contributed by atoms with E-state index in [-0.39, 0.29) is 11.5 Å². The topological polar surface area (TPSA) is 106 Å². The highest BCUT2D eigenvalue weighted by molar-refractivity contribution is 7.09. The van der Waals surface area contributed by atoms with Crippen LogP contribution in [-0.4, -0.2) is 30.6 Å². The minimum Gasteiger partial charge on any atom is -0.345 e. The van der Waals surface area contributed by atoms with Crippen molar-refractivity contribution in [2.24, 2.45) is 0 Å². The minimum atomic E-state index is -0.282. The van der Waals surface area contributed by atoms with Crippen LogP contribution >= 0.6 is 11.3 Å². The van der Waals surface area contributed by atoms with Crippen LogP contribution in [0.15, 0.2) is 28.8 Å². The number of aromatic nitrogens is 5. The summed E-state index contributed by atoms with van der Waals surface area (Å²) in [6.45, 7) is 4.02. The van der Waals surface area contributed by atoms with Crippen LogP contribution in [0.2, 0.25) is 0 Å². The van der Waals surface area contributed by atoms with E-state index in [4.69, 9.17) is 0 Å². The number of carbonyl (C=O) groups excluding carboxylic acids is 1. The maximum absolute atomic E-state index is 12.3. The number of hydrogen-bond acceptors (Lipinski definition) is 6. The highest BCUT2D eigenvalue weighted by atomic mass is 32.1. The van der Waals surface area contributed by atoms with Crippen LogP contribution in [0.5, 0.6) is 0 Å². The van der Waals surface area contributed by atoms with Crippen LogP contribution in [0.1, 0.15) is 26.8 Å². The summed E-state index contributed by atoms with van der Waals surface area (Å²) in [5, 5.41) is 9.73. The number of nitrogens with zero attached hydrogens (tertiary/aromatic N) is 4. The Bertz CT molecular complexity index is 910. The van der Waals surface area contributed by atoms with E-state index in [1.807, 2.05) is 12.3 Å². The second-order valence-corrected chi connectivity index (χ2v) is 5.83. The van der Waals surface area contributed by atoms with E-state index in [2.05, 4.69) is 25.4 Å². The zero-order valence-electron chi connectivity index (χ0n) is 12.5. The molecule has 118 valence electrons. The van der Waals surface area contributed by atoms with Crippen molar-refractivity contribution in [3.63, 3.8) is 0 Å². The molecule has 3 rings (SSSR count). The second kappa shape index (κ2) is 6.13. The van der Waals surface area contributed by atoms with E-state index in [1.165, 1.54) is 34.6 Å². The molecule has 3 aromatic heterocycles. The number of hydrogen-bond donors (Lipinski definition) is 2. The number of amides is 1. The molecule has 3 aromatic rings. The first-order chi connectivity index (χ1) is 11.0. The van der Waals surface area contributed by atoms with Gasteiger partial charge in [0.1, 0.15) is 5.01 Å². The lowest BCUT2D eigenvalue weighted by Crippen LogP contribution is -2.23. The molecule has 0 radical (unpaired) electrons. The van der Waals surface area contributed by atoms with Gasteiger partial charge >= 0.3 is 0 Å². The minimum absolute atomic E-state index is 0.244. The summed E-state index contributed by atoms with van der Waals surface area (Å²) in [5.41, 5.74) is 1.69. The molecule has 0 aliphatic carbocycles. The Morgan fingerprint density at radius 1 is 1.43 bits per heavy atom. The van der Waals surface area contributed by atoms with Gasteiger partial charge in [0.15, 0.2) is 5.82 Å². The fourth-order valence-electron chi connectivity index (χ4n) is 2.07. The van der Waals surface area contributed by atoms with Gasteiger partial charge in [0, 0.05) is 17.1 Å². The van der Waals surface area contributed by atoms with Gasteiger partial charge < -0.3 is 10.3 Å². The summed E-state index contributed by atoms with van der Waals surface area (Å²) in [4.78, 5) is 34.4. The molecule has 0 atom stereocenters. The Hall–Kier alpha value is -2.81. The summed E-state index contributed by atoms with van der Waals surface area (Å²) < 4.78 is 1.46. The highest BCUT2D eigenvalue weighted by Gasteiger charge is 2.16. The van der Waals surface area contributed by atoms with Crippen molar-refractivity contribution >= 4 is 17.2 Å². The van der Waals surface area contributed by atoms with E-state index >= 15 is 0 Å². The summed E-state index contributed by atoms with van der Waals surface area (Å²) in [5.74, 6) is 0.118. The molecule has 0 unspecified atom stereocenters. The molecule has 3 heterocycles. The molecule has 1 amide bonds. The van der Waals surface area contributed by atoms with E-state index in [0.717, 1.165) is 10.7 Å². The highest BCUT2D eigenvalue weighted by Crippen LogP contribution is 2.12. The van der Waals surface area contributed by atoms with Crippen LogP contribution in [0, 0.1) is 13.8 Å². The van der Waals surface area contributed by atoms with Gasteiger partial charge in [-0.2, -0.15) is 5.10 Å². The third-order valence-electron chi connectivity index (χ3n) is 3.20. The molecule has 8 nitrogen and oxygen atoms in total. The smallest absolute Gasteiger partial charge is 0.255 e.